The fraction of sp³-hybridized carbons (Fsp3) is 0.714. The number of nitriles is 1. The smallest absolute Gasteiger partial charge is 0.0884 e. The maximum absolute atomic E-state index is 9.33. The maximum atomic E-state index is 9.33. The molecule has 18 heavy (non-hydrogen) atoms. The van der Waals surface area contributed by atoms with Crippen LogP contribution in [0.5, 0.6) is 0 Å². The van der Waals surface area contributed by atoms with Crippen molar-refractivity contribution in [1.82, 2.24) is 9.78 Å². The van der Waals surface area contributed by atoms with E-state index in [9.17, 15) is 5.26 Å². The van der Waals surface area contributed by atoms with Crippen molar-refractivity contribution < 1.29 is 4.74 Å². The Labute approximate surface area is 108 Å². The molecule has 2 heterocycles. The van der Waals surface area contributed by atoms with Crippen molar-refractivity contribution in [3.8, 4) is 6.07 Å². The summed E-state index contributed by atoms with van der Waals surface area (Å²) in [6, 6.07) is 5.08. The summed E-state index contributed by atoms with van der Waals surface area (Å²) >= 11 is 0. The van der Waals surface area contributed by atoms with E-state index < -0.39 is 0 Å². The normalized spacial score (nSPS) is 28.6. The second-order valence-electron chi connectivity index (χ2n) is 5.60. The minimum Gasteiger partial charge on any atom is -0.380 e. The molecule has 0 spiro atoms. The highest BCUT2D eigenvalue weighted by Gasteiger charge is 2.36. The van der Waals surface area contributed by atoms with Crippen LogP contribution in [-0.4, -0.2) is 23.0 Å². The first-order valence-corrected chi connectivity index (χ1v) is 6.84. The topological polar surface area (TPSA) is 50.8 Å². The Balaban J connectivity index is 1.71. The monoisotopic (exact) mass is 245 g/mol. The second-order valence-corrected chi connectivity index (χ2v) is 5.60. The maximum Gasteiger partial charge on any atom is 0.0884 e. The van der Waals surface area contributed by atoms with Crippen molar-refractivity contribution in [2.75, 3.05) is 13.2 Å². The minimum absolute atomic E-state index is 0.338. The molecule has 0 aromatic carbocycles. The third kappa shape index (κ3) is 2.15. The van der Waals surface area contributed by atoms with Crippen molar-refractivity contribution in [1.29, 1.82) is 5.26 Å². The lowest BCUT2D eigenvalue weighted by atomic mass is 9.84. The lowest BCUT2D eigenvalue weighted by Crippen LogP contribution is -2.22. The molecular weight excluding hydrogens is 226 g/mol. The third-order valence-corrected chi connectivity index (χ3v) is 4.22. The molecule has 0 amide bonds. The fourth-order valence-corrected chi connectivity index (χ4v) is 3.06. The molecule has 1 saturated heterocycles. The van der Waals surface area contributed by atoms with E-state index in [1.165, 1.54) is 25.7 Å². The molecule has 1 aliphatic carbocycles. The molecule has 3 rings (SSSR count). The summed E-state index contributed by atoms with van der Waals surface area (Å²) in [6.07, 6.45) is 8.75. The Morgan fingerprint density at radius 2 is 2.33 bits per heavy atom. The van der Waals surface area contributed by atoms with Crippen LogP contribution in [0.25, 0.3) is 0 Å². The highest BCUT2D eigenvalue weighted by Crippen LogP contribution is 2.33. The van der Waals surface area contributed by atoms with Gasteiger partial charge in [-0.15, -0.1) is 0 Å². The SMILES string of the molecule is N#CC1(Cc2ccn(C3CCCC3)n2)CCOC1. The van der Waals surface area contributed by atoms with Crippen LogP contribution in [0.4, 0.5) is 0 Å². The Kier molecular flexibility index (Phi) is 3.09. The summed E-state index contributed by atoms with van der Waals surface area (Å²) in [5.74, 6) is 0. The quantitative estimate of drug-likeness (QED) is 0.822. The van der Waals surface area contributed by atoms with E-state index in [-0.39, 0.29) is 5.41 Å². The van der Waals surface area contributed by atoms with Gasteiger partial charge >= 0.3 is 0 Å². The number of ether oxygens (including phenoxy) is 1. The molecule has 1 unspecified atom stereocenters. The van der Waals surface area contributed by atoms with Gasteiger partial charge in [-0.1, -0.05) is 12.8 Å². The summed E-state index contributed by atoms with van der Waals surface area (Å²) in [5, 5.41) is 14.0. The number of hydrogen-bond acceptors (Lipinski definition) is 3. The predicted octanol–water partition coefficient (Wildman–Crippen LogP) is 2.47. The van der Waals surface area contributed by atoms with Gasteiger partial charge in [0.2, 0.25) is 0 Å². The summed E-state index contributed by atoms with van der Waals surface area (Å²) in [7, 11) is 0. The van der Waals surface area contributed by atoms with Crippen LogP contribution in [-0.2, 0) is 11.2 Å². The molecule has 0 bridgehead atoms. The molecule has 96 valence electrons. The molecule has 0 N–H and O–H groups in total. The van der Waals surface area contributed by atoms with E-state index in [0.29, 0.717) is 19.3 Å². The summed E-state index contributed by atoms with van der Waals surface area (Å²) in [6.45, 7) is 1.26. The van der Waals surface area contributed by atoms with E-state index in [0.717, 1.165) is 18.5 Å². The van der Waals surface area contributed by atoms with Gasteiger partial charge in [-0.25, -0.2) is 0 Å². The van der Waals surface area contributed by atoms with Gasteiger partial charge < -0.3 is 4.74 Å². The zero-order chi connectivity index (χ0) is 12.4. The fourth-order valence-electron chi connectivity index (χ4n) is 3.06. The second kappa shape index (κ2) is 4.74. The number of hydrogen-bond donors (Lipinski definition) is 0. The molecule has 2 aliphatic rings. The van der Waals surface area contributed by atoms with Gasteiger partial charge in [-0.05, 0) is 25.3 Å². The Morgan fingerprint density at radius 1 is 1.50 bits per heavy atom. The summed E-state index contributed by atoms with van der Waals surface area (Å²) in [5.41, 5.74) is 0.698. The average molecular weight is 245 g/mol. The lowest BCUT2D eigenvalue weighted by molar-refractivity contribution is 0.171. The zero-order valence-electron chi connectivity index (χ0n) is 10.6. The molecule has 0 radical (unpaired) electrons. The summed E-state index contributed by atoms with van der Waals surface area (Å²) in [4.78, 5) is 0. The first kappa shape index (κ1) is 11.7. The van der Waals surface area contributed by atoms with Gasteiger partial charge in [0.25, 0.3) is 0 Å². The molecule has 4 heteroatoms. The van der Waals surface area contributed by atoms with E-state index >= 15 is 0 Å². The van der Waals surface area contributed by atoms with Crippen LogP contribution in [0.1, 0.15) is 43.8 Å². The van der Waals surface area contributed by atoms with Crippen LogP contribution in [0.3, 0.4) is 0 Å². The van der Waals surface area contributed by atoms with Crippen LogP contribution in [0.15, 0.2) is 12.3 Å². The molecule has 1 aromatic rings. The van der Waals surface area contributed by atoms with E-state index in [1.807, 2.05) is 0 Å². The van der Waals surface area contributed by atoms with Gasteiger partial charge in [-0.2, -0.15) is 10.4 Å². The van der Waals surface area contributed by atoms with Crippen LogP contribution in [0, 0.1) is 16.7 Å². The van der Waals surface area contributed by atoms with Gasteiger partial charge in [0.05, 0.1) is 29.8 Å². The molecule has 1 aliphatic heterocycles. The number of rotatable bonds is 3. The van der Waals surface area contributed by atoms with Crippen molar-refractivity contribution in [3.63, 3.8) is 0 Å². The van der Waals surface area contributed by atoms with E-state index in [1.54, 1.807) is 0 Å². The van der Waals surface area contributed by atoms with E-state index in [2.05, 4.69) is 28.1 Å². The molecule has 1 saturated carbocycles. The average Bonchev–Trinajstić information content (AvgIpc) is 3.10. The Hall–Kier alpha value is -1.34. The number of nitrogens with zero attached hydrogens (tertiary/aromatic N) is 3. The first-order valence-electron chi connectivity index (χ1n) is 6.84. The summed E-state index contributed by atoms with van der Waals surface area (Å²) < 4.78 is 7.47. The highest BCUT2D eigenvalue weighted by atomic mass is 16.5. The van der Waals surface area contributed by atoms with Crippen molar-refractivity contribution in [2.24, 2.45) is 5.41 Å². The van der Waals surface area contributed by atoms with Gasteiger partial charge in [0, 0.05) is 19.2 Å². The standard InChI is InChI=1S/C14H19N3O/c15-10-14(6-8-18-11-14)9-12-5-7-17(16-12)13-3-1-2-4-13/h5,7,13H,1-4,6,8-9,11H2. The molecule has 1 atom stereocenters. The predicted molar refractivity (Wildman–Crippen MR) is 66.9 cm³/mol. The largest absolute Gasteiger partial charge is 0.380 e. The molecule has 1 aromatic heterocycles. The highest BCUT2D eigenvalue weighted by molar-refractivity contribution is 5.12. The van der Waals surface area contributed by atoms with Crippen LogP contribution in [0.2, 0.25) is 0 Å². The molecule has 2 fully saturated rings. The van der Waals surface area contributed by atoms with E-state index in [4.69, 9.17) is 4.74 Å². The lowest BCUT2D eigenvalue weighted by Gasteiger charge is -2.16. The van der Waals surface area contributed by atoms with Crippen molar-refractivity contribution in [3.05, 3.63) is 18.0 Å². The Morgan fingerprint density at radius 3 is 3.00 bits per heavy atom. The number of aromatic nitrogens is 2. The third-order valence-electron chi connectivity index (χ3n) is 4.22. The van der Waals surface area contributed by atoms with Crippen LogP contribution >= 0.6 is 0 Å². The van der Waals surface area contributed by atoms with Crippen molar-refractivity contribution >= 4 is 0 Å². The zero-order valence-corrected chi connectivity index (χ0v) is 10.6. The minimum atomic E-state index is -0.338. The molecule has 4 nitrogen and oxygen atoms in total. The van der Waals surface area contributed by atoms with Gasteiger partial charge in [0.15, 0.2) is 0 Å². The van der Waals surface area contributed by atoms with Gasteiger partial charge in [0.1, 0.15) is 0 Å². The van der Waals surface area contributed by atoms with Crippen LogP contribution < -0.4 is 0 Å². The van der Waals surface area contributed by atoms with Crippen molar-refractivity contribution in [2.45, 2.75) is 44.6 Å². The first-order chi connectivity index (χ1) is 8.81. The van der Waals surface area contributed by atoms with Gasteiger partial charge in [-0.3, -0.25) is 4.68 Å². The Bertz CT molecular complexity index is 448. The molecular formula is C14H19N3O.